The second-order valence-corrected chi connectivity index (χ2v) is 7.65. The standard InChI is InChI=1S/C22H25BrN2O4/c1-3-8-29-21-17(23)9-14(10-20(21)28-2)12-24-19(22(26)27)11-15-13-25-18-7-5-4-6-16(15)18/h4-7,9-10,13,19,24-25H,3,8,11-12H2,1-2H3,(H,26,27). The number of carboxylic acid groups (broad SMARTS) is 1. The molecule has 7 heteroatoms. The number of benzene rings is 2. The Kier molecular flexibility index (Phi) is 7.17. The van der Waals surface area contributed by atoms with Gasteiger partial charge in [-0.15, -0.1) is 0 Å². The number of H-pyrrole nitrogens is 1. The third-order valence-corrected chi connectivity index (χ3v) is 5.28. The molecule has 29 heavy (non-hydrogen) atoms. The molecule has 1 atom stereocenters. The van der Waals surface area contributed by atoms with E-state index in [0.29, 0.717) is 31.1 Å². The summed E-state index contributed by atoms with van der Waals surface area (Å²) < 4.78 is 12.0. The number of carbonyl (C=O) groups is 1. The number of methoxy groups -OCH3 is 1. The predicted octanol–water partition coefficient (Wildman–Crippen LogP) is 4.51. The van der Waals surface area contributed by atoms with E-state index in [0.717, 1.165) is 32.9 Å². The van der Waals surface area contributed by atoms with Gasteiger partial charge in [-0.25, -0.2) is 0 Å². The third kappa shape index (κ3) is 5.10. The van der Waals surface area contributed by atoms with Crippen LogP contribution in [0.15, 0.2) is 47.1 Å². The molecule has 0 amide bonds. The van der Waals surface area contributed by atoms with Crippen LogP contribution in [0.5, 0.6) is 11.5 Å². The average molecular weight is 461 g/mol. The van der Waals surface area contributed by atoms with Gasteiger partial charge in [-0.2, -0.15) is 0 Å². The molecule has 1 heterocycles. The fourth-order valence-electron chi connectivity index (χ4n) is 3.23. The Labute approximate surface area is 178 Å². The summed E-state index contributed by atoms with van der Waals surface area (Å²) in [7, 11) is 1.59. The minimum atomic E-state index is -0.885. The van der Waals surface area contributed by atoms with Gasteiger partial charge in [0.1, 0.15) is 6.04 Å². The maximum atomic E-state index is 11.8. The highest BCUT2D eigenvalue weighted by atomic mass is 79.9. The zero-order valence-corrected chi connectivity index (χ0v) is 18.1. The Morgan fingerprint density at radius 1 is 1.31 bits per heavy atom. The average Bonchev–Trinajstić information content (AvgIpc) is 3.12. The number of fused-ring (bicyclic) bond motifs is 1. The summed E-state index contributed by atoms with van der Waals surface area (Å²) in [6.07, 6.45) is 3.16. The van der Waals surface area contributed by atoms with Crippen LogP contribution < -0.4 is 14.8 Å². The number of para-hydroxylation sites is 1. The van der Waals surface area contributed by atoms with Gasteiger partial charge in [0, 0.05) is 30.1 Å². The number of aromatic nitrogens is 1. The van der Waals surface area contributed by atoms with Crippen LogP contribution in [0, 0.1) is 0 Å². The minimum absolute atomic E-state index is 0.384. The fourth-order valence-corrected chi connectivity index (χ4v) is 3.83. The van der Waals surface area contributed by atoms with Crippen molar-refractivity contribution in [1.29, 1.82) is 0 Å². The van der Waals surface area contributed by atoms with Crippen molar-refractivity contribution in [3.8, 4) is 11.5 Å². The van der Waals surface area contributed by atoms with Crippen molar-refractivity contribution < 1.29 is 19.4 Å². The van der Waals surface area contributed by atoms with Gasteiger partial charge >= 0.3 is 5.97 Å². The number of hydrogen-bond donors (Lipinski definition) is 3. The van der Waals surface area contributed by atoms with Gasteiger partial charge in [-0.05, 0) is 51.7 Å². The van der Waals surface area contributed by atoms with Gasteiger partial charge in [0.25, 0.3) is 0 Å². The first-order chi connectivity index (χ1) is 14.0. The molecule has 1 unspecified atom stereocenters. The molecule has 0 spiro atoms. The van der Waals surface area contributed by atoms with Crippen LogP contribution in [-0.4, -0.2) is 35.8 Å². The predicted molar refractivity (Wildman–Crippen MR) is 117 cm³/mol. The quantitative estimate of drug-likeness (QED) is 0.414. The van der Waals surface area contributed by atoms with Crippen LogP contribution in [0.1, 0.15) is 24.5 Å². The highest BCUT2D eigenvalue weighted by molar-refractivity contribution is 9.10. The molecule has 154 valence electrons. The van der Waals surface area contributed by atoms with Gasteiger partial charge in [0.2, 0.25) is 0 Å². The van der Waals surface area contributed by atoms with E-state index >= 15 is 0 Å². The van der Waals surface area contributed by atoms with Crippen molar-refractivity contribution in [2.45, 2.75) is 32.4 Å². The Bertz CT molecular complexity index is 986. The fraction of sp³-hybridized carbons (Fsp3) is 0.318. The van der Waals surface area contributed by atoms with Gasteiger partial charge in [-0.3, -0.25) is 4.79 Å². The summed E-state index contributed by atoms with van der Waals surface area (Å²) in [4.78, 5) is 15.0. The highest BCUT2D eigenvalue weighted by Gasteiger charge is 2.20. The topological polar surface area (TPSA) is 83.6 Å². The first kappa shape index (κ1) is 21.2. The molecule has 3 aromatic rings. The minimum Gasteiger partial charge on any atom is -0.493 e. The number of carboxylic acids is 1. The second-order valence-electron chi connectivity index (χ2n) is 6.79. The van der Waals surface area contributed by atoms with Crippen LogP contribution in [0.4, 0.5) is 0 Å². The van der Waals surface area contributed by atoms with Crippen molar-refractivity contribution in [2.24, 2.45) is 0 Å². The van der Waals surface area contributed by atoms with E-state index in [4.69, 9.17) is 9.47 Å². The monoisotopic (exact) mass is 460 g/mol. The SMILES string of the molecule is CCCOc1c(Br)cc(CNC(Cc2c[nH]c3ccccc23)C(=O)O)cc1OC. The maximum Gasteiger partial charge on any atom is 0.321 e. The number of rotatable bonds is 10. The largest absolute Gasteiger partial charge is 0.493 e. The summed E-state index contributed by atoms with van der Waals surface area (Å²) in [5, 5.41) is 13.9. The van der Waals surface area contributed by atoms with Crippen LogP contribution in [0.25, 0.3) is 10.9 Å². The van der Waals surface area contributed by atoms with Gasteiger partial charge in [-0.1, -0.05) is 25.1 Å². The summed E-state index contributed by atoms with van der Waals surface area (Å²) in [6, 6.07) is 11.0. The first-order valence-electron chi connectivity index (χ1n) is 9.53. The second kappa shape index (κ2) is 9.80. The zero-order valence-electron chi connectivity index (χ0n) is 16.5. The van der Waals surface area contributed by atoms with Crippen molar-refractivity contribution in [1.82, 2.24) is 10.3 Å². The molecule has 0 aliphatic heterocycles. The van der Waals surface area contributed by atoms with Crippen molar-refractivity contribution in [3.63, 3.8) is 0 Å². The normalized spacial score (nSPS) is 12.1. The summed E-state index contributed by atoms with van der Waals surface area (Å²) >= 11 is 3.53. The Hall–Kier alpha value is -2.51. The number of ether oxygens (including phenoxy) is 2. The lowest BCUT2D eigenvalue weighted by Gasteiger charge is -2.17. The van der Waals surface area contributed by atoms with Crippen LogP contribution in [0.3, 0.4) is 0 Å². The molecule has 0 bridgehead atoms. The number of aromatic amines is 1. The molecule has 2 aromatic carbocycles. The highest BCUT2D eigenvalue weighted by Crippen LogP contribution is 2.36. The Morgan fingerprint density at radius 3 is 2.83 bits per heavy atom. The van der Waals surface area contributed by atoms with E-state index in [1.54, 1.807) is 7.11 Å². The Balaban J connectivity index is 1.73. The molecule has 3 N–H and O–H groups in total. The molecule has 0 saturated carbocycles. The molecule has 1 aromatic heterocycles. The number of nitrogens with one attached hydrogen (secondary N) is 2. The maximum absolute atomic E-state index is 11.8. The van der Waals surface area contributed by atoms with Gasteiger partial charge in [0.05, 0.1) is 18.2 Å². The van der Waals surface area contributed by atoms with E-state index in [1.807, 2.05) is 49.5 Å². The van der Waals surface area contributed by atoms with Gasteiger partial charge in [0.15, 0.2) is 11.5 Å². The lowest BCUT2D eigenvalue weighted by Crippen LogP contribution is -2.38. The molecule has 6 nitrogen and oxygen atoms in total. The summed E-state index contributed by atoms with van der Waals surface area (Å²) in [5.74, 6) is 0.393. The van der Waals surface area contributed by atoms with Crippen LogP contribution in [-0.2, 0) is 17.8 Å². The summed E-state index contributed by atoms with van der Waals surface area (Å²) in [6.45, 7) is 3.03. The van der Waals surface area contributed by atoms with E-state index in [9.17, 15) is 9.90 Å². The number of aliphatic carboxylic acids is 1. The third-order valence-electron chi connectivity index (χ3n) is 4.69. The van der Waals surface area contributed by atoms with Gasteiger partial charge < -0.3 is 24.9 Å². The van der Waals surface area contributed by atoms with E-state index in [2.05, 4.69) is 26.2 Å². The molecule has 0 aliphatic rings. The molecule has 0 saturated heterocycles. The lowest BCUT2D eigenvalue weighted by atomic mass is 10.0. The number of hydrogen-bond acceptors (Lipinski definition) is 4. The smallest absolute Gasteiger partial charge is 0.321 e. The van der Waals surface area contributed by atoms with E-state index in [-0.39, 0.29) is 0 Å². The number of halogens is 1. The molecule has 0 radical (unpaired) electrons. The van der Waals surface area contributed by atoms with Crippen LogP contribution in [0.2, 0.25) is 0 Å². The zero-order chi connectivity index (χ0) is 20.8. The Morgan fingerprint density at radius 2 is 2.10 bits per heavy atom. The lowest BCUT2D eigenvalue weighted by molar-refractivity contribution is -0.139. The van der Waals surface area contributed by atoms with Crippen LogP contribution >= 0.6 is 15.9 Å². The van der Waals surface area contributed by atoms with Crippen molar-refractivity contribution >= 4 is 32.8 Å². The van der Waals surface area contributed by atoms with E-state index in [1.165, 1.54) is 0 Å². The van der Waals surface area contributed by atoms with E-state index < -0.39 is 12.0 Å². The summed E-state index contributed by atoms with van der Waals surface area (Å²) in [5.41, 5.74) is 2.88. The van der Waals surface area contributed by atoms with Crippen molar-refractivity contribution in [3.05, 3.63) is 58.2 Å². The molecule has 3 rings (SSSR count). The molecular formula is C22H25BrN2O4. The molecule has 0 fully saturated rings. The molecule has 0 aliphatic carbocycles. The first-order valence-corrected chi connectivity index (χ1v) is 10.3. The van der Waals surface area contributed by atoms with Crippen molar-refractivity contribution in [2.75, 3.05) is 13.7 Å². The molecular weight excluding hydrogens is 436 g/mol.